The third kappa shape index (κ3) is 3.49. The Morgan fingerprint density at radius 2 is 2.17 bits per heavy atom. The minimum atomic E-state index is -3.88. The maximum absolute atomic E-state index is 13.0. The normalized spacial score (nSPS) is 22.1. The highest BCUT2D eigenvalue weighted by Gasteiger charge is 2.43. The minimum Gasteiger partial charge on any atom is -0.495 e. The van der Waals surface area contributed by atoms with Crippen molar-refractivity contribution in [2.45, 2.75) is 37.2 Å². The summed E-state index contributed by atoms with van der Waals surface area (Å²) >= 11 is 0. The van der Waals surface area contributed by atoms with E-state index < -0.39 is 16.1 Å². The van der Waals surface area contributed by atoms with E-state index in [0.29, 0.717) is 13.0 Å². The summed E-state index contributed by atoms with van der Waals surface area (Å²) in [6.45, 7) is 4.18. The second-order valence-corrected chi connectivity index (χ2v) is 7.49. The van der Waals surface area contributed by atoms with E-state index in [-0.39, 0.29) is 29.1 Å². The number of ether oxygens (including phenoxy) is 1. The number of hydrogen-bond donors (Lipinski definition) is 2. The largest absolute Gasteiger partial charge is 0.495 e. The number of carbonyl (C=O) groups is 1. The first-order chi connectivity index (χ1) is 10.8. The van der Waals surface area contributed by atoms with Crippen molar-refractivity contribution in [3.63, 3.8) is 0 Å². The standard InChI is InChI=1S/C15H23N3O4S/c1-4-17-15(19)12-8-11(16)9-18(12)23(20,21)14-6-5-10(2)7-13(14)22-3/h5-7,11-12H,4,8-9,16H2,1-3H3,(H,17,19). The van der Waals surface area contributed by atoms with Crippen LogP contribution in [0.25, 0.3) is 0 Å². The molecule has 0 spiro atoms. The number of nitrogens with one attached hydrogen (secondary N) is 1. The molecule has 1 aromatic rings. The molecule has 23 heavy (non-hydrogen) atoms. The summed E-state index contributed by atoms with van der Waals surface area (Å²) in [5.74, 6) is -0.0600. The SMILES string of the molecule is CCNC(=O)C1CC(N)CN1S(=O)(=O)c1ccc(C)cc1OC. The lowest BCUT2D eigenvalue weighted by atomic mass is 10.2. The van der Waals surface area contributed by atoms with Gasteiger partial charge >= 0.3 is 0 Å². The lowest BCUT2D eigenvalue weighted by molar-refractivity contribution is -0.124. The third-order valence-corrected chi connectivity index (χ3v) is 5.76. The number of amides is 1. The third-order valence-electron chi connectivity index (χ3n) is 3.85. The van der Waals surface area contributed by atoms with Gasteiger partial charge in [-0.2, -0.15) is 4.31 Å². The summed E-state index contributed by atoms with van der Waals surface area (Å²) in [4.78, 5) is 12.2. The lowest BCUT2D eigenvalue weighted by Crippen LogP contribution is -2.45. The van der Waals surface area contributed by atoms with Crippen LogP contribution in [0, 0.1) is 6.92 Å². The van der Waals surface area contributed by atoms with Gasteiger partial charge < -0.3 is 15.8 Å². The number of aryl methyl sites for hydroxylation is 1. The van der Waals surface area contributed by atoms with Crippen LogP contribution >= 0.6 is 0 Å². The predicted molar refractivity (Wildman–Crippen MR) is 86.7 cm³/mol. The van der Waals surface area contributed by atoms with Crippen LogP contribution in [0.3, 0.4) is 0 Å². The van der Waals surface area contributed by atoms with Crippen LogP contribution < -0.4 is 15.8 Å². The molecule has 2 rings (SSSR count). The van der Waals surface area contributed by atoms with Gasteiger partial charge in [0.25, 0.3) is 0 Å². The van der Waals surface area contributed by atoms with Crippen LogP contribution in [0.2, 0.25) is 0 Å². The number of methoxy groups -OCH3 is 1. The molecule has 0 aromatic heterocycles. The summed E-state index contributed by atoms with van der Waals surface area (Å²) in [6.07, 6.45) is 0.305. The molecular weight excluding hydrogens is 318 g/mol. The number of benzene rings is 1. The van der Waals surface area contributed by atoms with Gasteiger partial charge in [0.15, 0.2) is 0 Å². The number of hydrogen-bond acceptors (Lipinski definition) is 5. The topological polar surface area (TPSA) is 102 Å². The Kier molecular flexibility index (Phi) is 5.28. The lowest BCUT2D eigenvalue weighted by Gasteiger charge is -2.24. The first-order valence-corrected chi connectivity index (χ1v) is 8.95. The van der Waals surface area contributed by atoms with Crippen LogP contribution in [0.15, 0.2) is 23.1 Å². The van der Waals surface area contributed by atoms with E-state index in [4.69, 9.17) is 10.5 Å². The summed E-state index contributed by atoms with van der Waals surface area (Å²) in [7, 11) is -2.45. The van der Waals surface area contributed by atoms with E-state index in [1.165, 1.54) is 17.5 Å². The number of likely N-dealkylation sites (N-methyl/N-ethyl adjacent to an activating group) is 1. The average molecular weight is 341 g/mol. The van der Waals surface area contributed by atoms with E-state index in [2.05, 4.69) is 5.32 Å². The van der Waals surface area contributed by atoms with E-state index >= 15 is 0 Å². The molecule has 1 fully saturated rings. The van der Waals surface area contributed by atoms with Crippen molar-refractivity contribution in [1.82, 2.24) is 9.62 Å². The van der Waals surface area contributed by atoms with E-state index in [9.17, 15) is 13.2 Å². The molecule has 1 heterocycles. The van der Waals surface area contributed by atoms with Crippen molar-refractivity contribution >= 4 is 15.9 Å². The van der Waals surface area contributed by atoms with Gasteiger partial charge in [0.2, 0.25) is 15.9 Å². The molecule has 2 unspecified atom stereocenters. The fourth-order valence-corrected chi connectivity index (χ4v) is 4.54. The molecule has 1 aromatic carbocycles. The zero-order valence-corrected chi connectivity index (χ0v) is 14.4. The molecule has 0 aliphatic carbocycles. The van der Waals surface area contributed by atoms with Gasteiger partial charge in [0, 0.05) is 19.1 Å². The van der Waals surface area contributed by atoms with Gasteiger partial charge in [-0.25, -0.2) is 8.42 Å². The summed E-state index contributed by atoms with van der Waals surface area (Å²) in [5.41, 5.74) is 6.79. The second-order valence-electron chi connectivity index (χ2n) is 5.64. The van der Waals surface area contributed by atoms with Crippen LogP contribution in [0.4, 0.5) is 0 Å². The molecule has 1 amide bonds. The zero-order valence-electron chi connectivity index (χ0n) is 13.6. The molecule has 8 heteroatoms. The number of carbonyl (C=O) groups excluding carboxylic acids is 1. The molecule has 1 aliphatic heterocycles. The Balaban J connectivity index is 2.43. The Labute approximate surface area is 136 Å². The zero-order chi connectivity index (χ0) is 17.2. The first-order valence-electron chi connectivity index (χ1n) is 7.51. The fraction of sp³-hybridized carbons (Fsp3) is 0.533. The number of nitrogens with zero attached hydrogens (tertiary/aromatic N) is 1. The molecular formula is C15H23N3O4S. The van der Waals surface area contributed by atoms with Crippen LogP contribution in [0.1, 0.15) is 18.9 Å². The van der Waals surface area contributed by atoms with Crippen molar-refractivity contribution in [1.29, 1.82) is 0 Å². The van der Waals surface area contributed by atoms with Gasteiger partial charge in [-0.05, 0) is 38.0 Å². The molecule has 0 radical (unpaired) electrons. The maximum atomic E-state index is 13.0. The second kappa shape index (κ2) is 6.86. The smallest absolute Gasteiger partial charge is 0.247 e. The molecule has 1 saturated heterocycles. The molecule has 0 bridgehead atoms. The van der Waals surface area contributed by atoms with Gasteiger partial charge in [-0.15, -0.1) is 0 Å². The number of rotatable bonds is 5. The summed E-state index contributed by atoms with van der Waals surface area (Å²) in [6, 6.07) is 3.70. The minimum absolute atomic E-state index is 0.0500. The monoisotopic (exact) mass is 341 g/mol. The molecule has 0 saturated carbocycles. The van der Waals surface area contributed by atoms with Gasteiger partial charge in [-0.1, -0.05) is 6.07 Å². The van der Waals surface area contributed by atoms with E-state index in [0.717, 1.165) is 5.56 Å². The Bertz CT molecular complexity index is 690. The van der Waals surface area contributed by atoms with Crippen molar-refractivity contribution in [3.8, 4) is 5.75 Å². The Morgan fingerprint density at radius 3 is 2.78 bits per heavy atom. The molecule has 1 aliphatic rings. The first kappa shape index (κ1) is 17.7. The maximum Gasteiger partial charge on any atom is 0.247 e. The number of sulfonamides is 1. The molecule has 3 N–H and O–H groups in total. The van der Waals surface area contributed by atoms with Gasteiger partial charge in [0.05, 0.1) is 7.11 Å². The summed E-state index contributed by atoms with van der Waals surface area (Å²) in [5, 5.41) is 2.67. The van der Waals surface area contributed by atoms with Gasteiger partial charge in [0.1, 0.15) is 16.7 Å². The van der Waals surface area contributed by atoms with Crippen LogP contribution in [0.5, 0.6) is 5.75 Å². The average Bonchev–Trinajstić information content (AvgIpc) is 2.90. The van der Waals surface area contributed by atoms with Crippen molar-refractivity contribution in [2.24, 2.45) is 5.73 Å². The highest BCUT2D eigenvalue weighted by Crippen LogP contribution is 2.32. The van der Waals surface area contributed by atoms with Crippen LogP contribution in [-0.2, 0) is 14.8 Å². The highest BCUT2D eigenvalue weighted by atomic mass is 32.2. The van der Waals surface area contributed by atoms with Gasteiger partial charge in [-0.3, -0.25) is 4.79 Å². The van der Waals surface area contributed by atoms with Crippen molar-refractivity contribution in [3.05, 3.63) is 23.8 Å². The quantitative estimate of drug-likeness (QED) is 0.798. The van der Waals surface area contributed by atoms with Crippen molar-refractivity contribution in [2.75, 3.05) is 20.2 Å². The van der Waals surface area contributed by atoms with E-state index in [1.54, 1.807) is 19.1 Å². The predicted octanol–water partition coefficient (Wildman–Crippen LogP) is 0.230. The number of nitrogens with two attached hydrogens (primary N) is 1. The Morgan fingerprint density at radius 1 is 1.48 bits per heavy atom. The van der Waals surface area contributed by atoms with E-state index in [1.807, 2.05) is 6.92 Å². The summed E-state index contributed by atoms with van der Waals surface area (Å²) < 4.78 is 32.4. The molecule has 128 valence electrons. The highest BCUT2D eigenvalue weighted by molar-refractivity contribution is 7.89. The molecule has 7 nitrogen and oxygen atoms in total. The van der Waals surface area contributed by atoms with Crippen LogP contribution in [-0.4, -0.2) is 50.9 Å². The molecule has 2 atom stereocenters. The fourth-order valence-electron chi connectivity index (χ4n) is 2.75. The van der Waals surface area contributed by atoms with Crippen molar-refractivity contribution < 1.29 is 17.9 Å². The Hall–Kier alpha value is -1.64.